The smallest absolute Gasteiger partial charge is 0.328 e. The molecule has 24 heavy (non-hydrogen) atoms. The van der Waals surface area contributed by atoms with Crippen LogP contribution >= 0.6 is 15.2 Å². The summed E-state index contributed by atoms with van der Waals surface area (Å²) in [6, 6.07) is 0. The maximum Gasteiger partial charge on any atom is 0.328 e. The van der Waals surface area contributed by atoms with E-state index < -0.39 is 21.3 Å². The van der Waals surface area contributed by atoms with Crippen LogP contribution in [0.5, 0.6) is 0 Å². The molecule has 0 amide bonds. The van der Waals surface area contributed by atoms with Crippen molar-refractivity contribution in [1.82, 2.24) is 0 Å². The SMILES string of the molecule is CCC(COP(C)(=O)OC(C)COP(C)(=O)OC(C)C)OC(C)C. The molecule has 0 spiro atoms. The molecule has 146 valence electrons. The Kier molecular flexibility index (Phi) is 11.2. The molecule has 4 unspecified atom stereocenters. The minimum atomic E-state index is -3.26. The Bertz CT molecular complexity index is 440. The molecule has 0 aromatic rings. The first-order valence-electron chi connectivity index (χ1n) is 8.33. The number of hydrogen-bond acceptors (Lipinski definition) is 7. The molecule has 4 atom stereocenters. The molecular formula is C15H34O7P2. The second kappa shape index (κ2) is 11.1. The van der Waals surface area contributed by atoms with Gasteiger partial charge in [-0.05, 0) is 41.0 Å². The van der Waals surface area contributed by atoms with Crippen LogP contribution in [-0.2, 0) is 32.0 Å². The minimum Gasteiger partial charge on any atom is -0.373 e. The van der Waals surface area contributed by atoms with Gasteiger partial charge in [-0.25, -0.2) is 0 Å². The summed E-state index contributed by atoms with van der Waals surface area (Å²) in [5.41, 5.74) is 0. The van der Waals surface area contributed by atoms with Gasteiger partial charge in [-0.1, -0.05) is 6.92 Å². The van der Waals surface area contributed by atoms with Gasteiger partial charge in [0, 0.05) is 13.3 Å². The van der Waals surface area contributed by atoms with E-state index in [9.17, 15) is 9.13 Å². The number of ether oxygens (including phenoxy) is 1. The first kappa shape index (κ1) is 24.3. The predicted molar refractivity (Wildman–Crippen MR) is 96.0 cm³/mol. The average molecular weight is 388 g/mol. The van der Waals surface area contributed by atoms with Crippen LogP contribution in [0.15, 0.2) is 0 Å². The van der Waals surface area contributed by atoms with E-state index in [1.807, 2.05) is 20.8 Å². The lowest BCUT2D eigenvalue weighted by atomic mass is 10.3. The summed E-state index contributed by atoms with van der Waals surface area (Å²) >= 11 is 0. The van der Waals surface area contributed by atoms with Crippen LogP contribution in [0.3, 0.4) is 0 Å². The van der Waals surface area contributed by atoms with E-state index in [-0.39, 0.29) is 31.5 Å². The summed E-state index contributed by atoms with van der Waals surface area (Å²) in [5, 5.41) is 0. The van der Waals surface area contributed by atoms with Gasteiger partial charge in [-0.15, -0.1) is 0 Å². The highest BCUT2D eigenvalue weighted by atomic mass is 31.2. The molecule has 0 radical (unpaired) electrons. The maximum absolute atomic E-state index is 12.4. The van der Waals surface area contributed by atoms with Gasteiger partial charge in [-0.3, -0.25) is 9.13 Å². The Morgan fingerprint density at radius 3 is 1.75 bits per heavy atom. The van der Waals surface area contributed by atoms with E-state index in [2.05, 4.69) is 0 Å². The van der Waals surface area contributed by atoms with Gasteiger partial charge in [0.05, 0.1) is 37.6 Å². The monoisotopic (exact) mass is 388 g/mol. The third kappa shape index (κ3) is 12.6. The van der Waals surface area contributed by atoms with Crippen LogP contribution in [0, 0.1) is 0 Å². The number of hydrogen-bond donors (Lipinski definition) is 0. The van der Waals surface area contributed by atoms with Gasteiger partial charge in [-0.2, -0.15) is 0 Å². The molecule has 9 heteroatoms. The van der Waals surface area contributed by atoms with Gasteiger partial charge in [0.1, 0.15) is 0 Å². The van der Waals surface area contributed by atoms with Gasteiger partial charge < -0.3 is 22.8 Å². The molecule has 0 N–H and O–H groups in total. The molecule has 0 aromatic carbocycles. The quantitative estimate of drug-likeness (QED) is 0.423. The Balaban J connectivity index is 4.33. The normalized spacial score (nSPS) is 19.9. The summed E-state index contributed by atoms with van der Waals surface area (Å²) in [5.74, 6) is 0. The van der Waals surface area contributed by atoms with Crippen LogP contribution in [0.2, 0.25) is 0 Å². The van der Waals surface area contributed by atoms with Crippen LogP contribution in [0.4, 0.5) is 0 Å². The van der Waals surface area contributed by atoms with E-state index in [1.54, 1.807) is 20.8 Å². The fourth-order valence-electron chi connectivity index (χ4n) is 1.90. The van der Waals surface area contributed by atoms with Crippen molar-refractivity contribution >= 4 is 15.2 Å². The van der Waals surface area contributed by atoms with Crippen molar-refractivity contribution in [2.24, 2.45) is 0 Å². The average Bonchev–Trinajstić information content (AvgIpc) is 2.39. The van der Waals surface area contributed by atoms with E-state index in [0.717, 1.165) is 6.42 Å². The molecule has 0 aliphatic carbocycles. The van der Waals surface area contributed by atoms with E-state index in [0.29, 0.717) is 0 Å². The van der Waals surface area contributed by atoms with Crippen molar-refractivity contribution in [2.75, 3.05) is 26.5 Å². The van der Waals surface area contributed by atoms with Gasteiger partial charge >= 0.3 is 15.2 Å². The summed E-state index contributed by atoms with van der Waals surface area (Å²) in [7, 11) is -6.41. The van der Waals surface area contributed by atoms with Crippen LogP contribution in [-0.4, -0.2) is 51.0 Å². The van der Waals surface area contributed by atoms with Crippen molar-refractivity contribution in [3.05, 3.63) is 0 Å². The molecule has 0 saturated carbocycles. The second-order valence-corrected chi connectivity index (χ2v) is 10.4. The Hall–Kier alpha value is 0.260. The lowest BCUT2D eigenvalue weighted by Gasteiger charge is -2.24. The zero-order valence-corrected chi connectivity index (χ0v) is 18.0. The molecule has 0 heterocycles. The highest BCUT2D eigenvalue weighted by Crippen LogP contribution is 2.48. The first-order chi connectivity index (χ1) is 10.9. The summed E-state index contributed by atoms with van der Waals surface area (Å²) in [6.07, 6.45) is -0.0606. The summed E-state index contributed by atoms with van der Waals surface area (Å²) < 4.78 is 51.3. The van der Waals surface area contributed by atoms with Crippen LogP contribution < -0.4 is 0 Å². The fourth-order valence-corrected chi connectivity index (χ4v) is 4.42. The summed E-state index contributed by atoms with van der Waals surface area (Å²) in [4.78, 5) is 0. The first-order valence-corrected chi connectivity index (χ1v) is 12.3. The lowest BCUT2D eigenvalue weighted by Crippen LogP contribution is -2.23. The van der Waals surface area contributed by atoms with Crippen molar-refractivity contribution in [2.45, 2.75) is 72.4 Å². The van der Waals surface area contributed by atoms with E-state index in [1.165, 1.54) is 13.3 Å². The van der Waals surface area contributed by atoms with Crippen LogP contribution in [0.25, 0.3) is 0 Å². The maximum atomic E-state index is 12.4. The molecule has 0 aliphatic heterocycles. The van der Waals surface area contributed by atoms with Crippen molar-refractivity contribution in [1.29, 1.82) is 0 Å². The highest BCUT2D eigenvalue weighted by Gasteiger charge is 2.26. The molecule has 0 saturated heterocycles. The van der Waals surface area contributed by atoms with Crippen molar-refractivity contribution in [3.63, 3.8) is 0 Å². The van der Waals surface area contributed by atoms with E-state index in [4.69, 9.17) is 22.8 Å². The second-order valence-electron chi connectivity index (χ2n) is 6.42. The molecule has 0 bridgehead atoms. The molecule has 0 aliphatic rings. The van der Waals surface area contributed by atoms with E-state index >= 15 is 0 Å². The standard InChI is InChI=1S/C15H34O7P2/c1-9-15(20-12(2)3)11-19-24(8,17)22-14(6)10-18-23(7,16)21-13(4)5/h12-15H,9-11H2,1-8H3. The predicted octanol–water partition coefficient (Wildman–Crippen LogP) is 4.70. The zero-order chi connectivity index (χ0) is 19.0. The van der Waals surface area contributed by atoms with Crippen molar-refractivity contribution in [3.8, 4) is 0 Å². The lowest BCUT2D eigenvalue weighted by molar-refractivity contribution is -0.0233. The summed E-state index contributed by atoms with van der Waals surface area (Å²) in [6.45, 7) is 14.1. The van der Waals surface area contributed by atoms with Crippen molar-refractivity contribution < 1.29 is 32.0 Å². The highest BCUT2D eigenvalue weighted by molar-refractivity contribution is 7.53. The molecule has 0 rings (SSSR count). The largest absolute Gasteiger partial charge is 0.373 e. The Morgan fingerprint density at radius 1 is 0.792 bits per heavy atom. The molecular weight excluding hydrogens is 354 g/mol. The topological polar surface area (TPSA) is 80.3 Å². The minimum absolute atomic E-state index is 0.00138. The Labute approximate surface area is 146 Å². The zero-order valence-electron chi connectivity index (χ0n) is 16.2. The van der Waals surface area contributed by atoms with Gasteiger partial charge in [0.15, 0.2) is 0 Å². The molecule has 0 fully saturated rings. The Morgan fingerprint density at radius 2 is 1.29 bits per heavy atom. The molecule has 0 aromatic heterocycles. The molecule has 7 nitrogen and oxygen atoms in total. The third-order valence-corrected chi connectivity index (χ3v) is 5.52. The number of rotatable bonds is 13. The fraction of sp³-hybridized carbons (Fsp3) is 1.00. The van der Waals surface area contributed by atoms with Gasteiger partial charge in [0.25, 0.3) is 0 Å². The van der Waals surface area contributed by atoms with Crippen LogP contribution in [0.1, 0.15) is 48.0 Å². The third-order valence-electron chi connectivity index (χ3n) is 2.73. The van der Waals surface area contributed by atoms with Gasteiger partial charge in [0.2, 0.25) is 0 Å².